The molecule has 0 atom stereocenters. The molecule has 0 aliphatic heterocycles. The molecule has 1 heterocycles. The van der Waals surface area contributed by atoms with Gasteiger partial charge in [-0.15, -0.1) is 11.6 Å². The highest BCUT2D eigenvalue weighted by Gasteiger charge is 2.29. The van der Waals surface area contributed by atoms with Crippen LogP contribution >= 0.6 is 11.6 Å². The zero-order valence-electron chi connectivity index (χ0n) is 8.11. The molecular formula is C8H7ClF2N2O3. The van der Waals surface area contributed by atoms with E-state index in [0.29, 0.717) is 0 Å². The lowest BCUT2D eigenvalue weighted by atomic mass is 10.2. The van der Waals surface area contributed by atoms with E-state index in [4.69, 9.17) is 16.3 Å². The molecule has 0 saturated carbocycles. The van der Waals surface area contributed by atoms with Crippen LogP contribution in [-0.4, -0.2) is 17.0 Å². The molecular weight excluding hydrogens is 246 g/mol. The van der Waals surface area contributed by atoms with E-state index in [1.54, 1.807) is 0 Å². The Hall–Kier alpha value is -1.50. The molecule has 0 N–H and O–H groups in total. The molecule has 8 heteroatoms. The normalized spacial score (nSPS) is 10.6. The van der Waals surface area contributed by atoms with Gasteiger partial charge in [-0.05, 0) is 0 Å². The number of aromatic nitrogens is 1. The van der Waals surface area contributed by atoms with E-state index in [-0.39, 0.29) is 17.3 Å². The Morgan fingerprint density at radius 2 is 2.31 bits per heavy atom. The molecule has 0 radical (unpaired) electrons. The van der Waals surface area contributed by atoms with Crippen molar-refractivity contribution in [1.82, 2.24) is 4.98 Å². The highest BCUT2D eigenvalue weighted by atomic mass is 35.5. The van der Waals surface area contributed by atoms with Crippen molar-refractivity contribution in [3.63, 3.8) is 0 Å². The van der Waals surface area contributed by atoms with E-state index in [2.05, 4.69) is 4.98 Å². The summed E-state index contributed by atoms with van der Waals surface area (Å²) in [6, 6.07) is 0. The zero-order valence-corrected chi connectivity index (χ0v) is 8.87. The number of ether oxygens (including phenoxy) is 1. The molecule has 1 rings (SSSR count). The van der Waals surface area contributed by atoms with Gasteiger partial charge in [0.15, 0.2) is 0 Å². The number of hydrogen-bond acceptors (Lipinski definition) is 4. The smallest absolute Gasteiger partial charge is 0.323 e. The molecule has 5 nitrogen and oxygen atoms in total. The monoisotopic (exact) mass is 252 g/mol. The third-order valence-corrected chi connectivity index (χ3v) is 2.11. The van der Waals surface area contributed by atoms with Gasteiger partial charge in [-0.25, -0.2) is 8.78 Å². The number of hydrogen-bond donors (Lipinski definition) is 0. The number of nitrogens with zero attached hydrogens (tertiary/aromatic N) is 2. The first kappa shape index (κ1) is 12.6. The maximum atomic E-state index is 12.5. The van der Waals surface area contributed by atoms with E-state index in [1.165, 1.54) is 0 Å². The van der Waals surface area contributed by atoms with Crippen LogP contribution < -0.4 is 4.74 Å². The van der Waals surface area contributed by atoms with Crippen LogP contribution in [0.5, 0.6) is 5.75 Å². The molecule has 0 fully saturated rings. The molecule has 1 aromatic heterocycles. The van der Waals surface area contributed by atoms with Gasteiger partial charge < -0.3 is 4.74 Å². The third kappa shape index (κ3) is 2.19. The average Bonchev–Trinajstić information content (AvgIpc) is 2.26. The summed E-state index contributed by atoms with van der Waals surface area (Å²) in [7, 11) is 1.13. The summed E-state index contributed by atoms with van der Waals surface area (Å²) in [5, 5.41) is 10.7. The molecule has 0 unspecified atom stereocenters. The van der Waals surface area contributed by atoms with Crippen LogP contribution in [0, 0.1) is 10.1 Å². The fourth-order valence-electron chi connectivity index (χ4n) is 1.19. The van der Waals surface area contributed by atoms with E-state index in [9.17, 15) is 18.9 Å². The van der Waals surface area contributed by atoms with Crippen molar-refractivity contribution in [2.75, 3.05) is 7.11 Å². The Bertz CT molecular complexity index is 415. The van der Waals surface area contributed by atoms with Gasteiger partial charge in [0.1, 0.15) is 11.3 Å². The zero-order chi connectivity index (χ0) is 12.3. The Balaban J connectivity index is 3.50. The van der Waals surface area contributed by atoms with Crippen LogP contribution in [0.25, 0.3) is 0 Å². The topological polar surface area (TPSA) is 65.3 Å². The van der Waals surface area contributed by atoms with Crippen molar-refractivity contribution in [2.45, 2.75) is 12.3 Å². The second kappa shape index (κ2) is 5.02. The number of pyridine rings is 1. The highest BCUT2D eigenvalue weighted by Crippen LogP contribution is 2.38. The molecule has 0 aliphatic rings. The second-order valence-corrected chi connectivity index (χ2v) is 3.00. The van der Waals surface area contributed by atoms with Crippen LogP contribution in [0.3, 0.4) is 0 Å². The predicted molar refractivity (Wildman–Crippen MR) is 52.0 cm³/mol. The summed E-state index contributed by atoms with van der Waals surface area (Å²) >= 11 is 5.47. The number of nitro groups is 1. The van der Waals surface area contributed by atoms with Crippen LogP contribution in [0.2, 0.25) is 0 Å². The van der Waals surface area contributed by atoms with Crippen molar-refractivity contribution in [3.8, 4) is 5.75 Å². The Morgan fingerprint density at radius 1 is 1.69 bits per heavy atom. The molecule has 88 valence electrons. The van der Waals surface area contributed by atoms with Crippen LogP contribution in [0.15, 0.2) is 6.20 Å². The van der Waals surface area contributed by atoms with Crippen molar-refractivity contribution < 1.29 is 18.4 Å². The van der Waals surface area contributed by atoms with Gasteiger partial charge in [-0.3, -0.25) is 15.1 Å². The summed E-state index contributed by atoms with van der Waals surface area (Å²) < 4.78 is 29.7. The van der Waals surface area contributed by atoms with Crippen molar-refractivity contribution in [2.24, 2.45) is 0 Å². The van der Waals surface area contributed by atoms with Gasteiger partial charge in [0, 0.05) is 6.20 Å². The van der Waals surface area contributed by atoms with Crippen LogP contribution in [0.1, 0.15) is 17.7 Å². The summed E-state index contributed by atoms with van der Waals surface area (Å²) in [6.45, 7) is 0. The van der Waals surface area contributed by atoms with E-state index < -0.39 is 22.6 Å². The Kier molecular flexibility index (Phi) is 3.94. The van der Waals surface area contributed by atoms with Gasteiger partial charge in [-0.1, -0.05) is 0 Å². The number of alkyl halides is 3. The van der Waals surface area contributed by atoms with Gasteiger partial charge in [0.2, 0.25) is 5.75 Å². The second-order valence-electron chi connectivity index (χ2n) is 2.73. The summed E-state index contributed by atoms with van der Waals surface area (Å²) in [6.07, 6.45) is -2.26. The molecule has 0 bridgehead atoms. The summed E-state index contributed by atoms with van der Waals surface area (Å²) in [4.78, 5) is 13.4. The summed E-state index contributed by atoms with van der Waals surface area (Å²) in [5.74, 6) is -0.481. The van der Waals surface area contributed by atoms with Gasteiger partial charge in [-0.2, -0.15) is 0 Å². The lowest BCUT2D eigenvalue weighted by Crippen LogP contribution is -2.04. The maximum absolute atomic E-state index is 12.5. The number of rotatable bonds is 4. The number of halogens is 3. The van der Waals surface area contributed by atoms with E-state index in [1.807, 2.05) is 0 Å². The molecule has 1 aromatic rings. The first-order valence-electron chi connectivity index (χ1n) is 4.07. The molecule has 0 saturated heterocycles. The van der Waals surface area contributed by atoms with Crippen molar-refractivity contribution >= 4 is 17.3 Å². The molecule has 16 heavy (non-hydrogen) atoms. The highest BCUT2D eigenvalue weighted by molar-refractivity contribution is 6.17. The minimum atomic E-state index is -2.99. The predicted octanol–water partition coefficient (Wildman–Crippen LogP) is 2.67. The Labute approximate surface area is 94.1 Å². The molecule has 0 aromatic carbocycles. The average molecular weight is 253 g/mol. The summed E-state index contributed by atoms with van der Waals surface area (Å²) in [5.41, 5.74) is -1.51. The molecule has 0 aliphatic carbocycles. The van der Waals surface area contributed by atoms with Crippen molar-refractivity contribution in [3.05, 3.63) is 27.6 Å². The largest absolute Gasteiger partial charge is 0.489 e. The van der Waals surface area contributed by atoms with Gasteiger partial charge >= 0.3 is 5.69 Å². The lowest BCUT2D eigenvalue weighted by Gasteiger charge is -2.08. The fraction of sp³-hybridized carbons (Fsp3) is 0.375. The fourth-order valence-corrected chi connectivity index (χ4v) is 1.38. The minimum absolute atomic E-state index is 0.0558. The lowest BCUT2D eigenvalue weighted by molar-refractivity contribution is -0.387. The third-order valence-electron chi connectivity index (χ3n) is 1.86. The minimum Gasteiger partial charge on any atom is -0.489 e. The SMILES string of the molecule is COc1c(CCl)ncc(C(F)F)c1[N+](=O)[O-]. The maximum Gasteiger partial charge on any atom is 0.323 e. The van der Waals surface area contributed by atoms with Gasteiger partial charge in [0.25, 0.3) is 6.43 Å². The van der Waals surface area contributed by atoms with E-state index >= 15 is 0 Å². The standard InChI is InChI=1S/C8H7ClF2N2O3/c1-16-7-5(2-9)12-3-4(8(10)11)6(7)13(14)15/h3,8H,2H2,1H3. The Morgan fingerprint density at radius 3 is 2.69 bits per heavy atom. The first-order valence-corrected chi connectivity index (χ1v) is 4.60. The quantitative estimate of drug-likeness (QED) is 0.469. The van der Waals surface area contributed by atoms with Crippen molar-refractivity contribution in [1.29, 1.82) is 0 Å². The number of methoxy groups -OCH3 is 1. The molecule has 0 spiro atoms. The molecule has 0 amide bonds. The van der Waals surface area contributed by atoms with Gasteiger partial charge in [0.05, 0.1) is 17.9 Å². The first-order chi connectivity index (χ1) is 7.52. The van der Waals surface area contributed by atoms with E-state index in [0.717, 1.165) is 13.3 Å². The van der Waals surface area contributed by atoms with Crippen LogP contribution in [-0.2, 0) is 5.88 Å². The van der Waals surface area contributed by atoms with Crippen LogP contribution in [0.4, 0.5) is 14.5 Å².